The summed E-state index contributed by atoms with van der Waals surface area (Å²) in [5.41, 5.74) is 0. The Balaban J connectivity index is 2.17. The lowest BCUT2D eigenvalue weighted by Crippen LogP contribution is -2.42. The number of hydrogen-bond donors (Lipinski definition) is 0. The van der Waals surface area contributed by atoms with Gasteiger partial charge in [0, 0.05) is 17.8 Å². The Morgan fingerprint density at radius 2 is 1.86 bits per heavy atom. The van der Waals surface area contributed by atoms with Crippen LogP contribution in [0.25, 0.3) is 0 Å². The van der Waals surface area contributed by atoms with Gasteiger partial charge in [-0.3, -0.25) is 0 Å². The van der Waals surface area contributed by atoms with E-state index in [4.69, 9.17) is 4.74 Å². The average Bonchev–Trinajstić information content (AvgIpc) is 2.88. The molecule has 0 radical (unpaired) electrons. The van der Waals surface area contributed by atoms with E-state index in [2.05, 4.69) is 25.1 Å². The molecule has 2 aliphatic heterocycles. The third-order valence-electron chi connectivity index (χ3n) is 5.61. The van der Waals surface area contributed by atoms with Crippen LogP contribution in [0, 0.1) is 17.8 Å². The van der Waals surface area contributed by atoms with Crippen LogP contribution in [-0.2, 0) is 30.1 Å². The Morgan fingerprint density at radius 1 is 1.23 bits per heavy atom. The summed E-state index contributed by atoms with van der Waals surface area (Å²) in [6, 6.07) is 0. The zero-order valence-corrected chi connectivity index (χ0v) is 15.7. The van der Waals surface area contributed by atoms with Gasteiger partial charge in [-0.05, 0) is 24.2 Å². The molecule has 0 aromatic heterocycles. The maximum Gasteiger partial charge on any atom is 0.264 e. The Bertz CT molecular complexity index is 480. The zero-order chi connectivity index (χ0) is 16.7. The predicted octanol–water partition coefficient (Wildman–Crippen LogP) is 1.08. The Labute approximate surface area is 137 Å². The fourth-order valence-corrected chi connectivity index (χ4v) is 9.16. The van der Waals surface area contributed by atoms with Crippen LogP contribution in [-0.4, -0.2) is 42.6 Å². The topological polar surface area (TPSA) is 75.7 Å². The molecular formula is C15H28O5S2. The lowest BCUT2D eigenvalue weighted by atomic mass is 9.94. The fraction of sp³-hybridized carbons (Fsp3) is 1.00. The highest BCUT2D eigenvalue weighted by atomic mass is 32.2. The summed E-state index contributed by atoms with van der Waals surface area (Å²) in [4.78, 5) is 0. The van der Waals surface area contributed by atoms with E-state index in [0.29, 0.717) is 17.1 Å². The normalized spacial score (nSPS) is 46.3. The van der Waals surface area contributed by atoms with Crippen molar-refractivity contribution in [2.45, 2.75) is 63.7 Å². The van der Waals surface area contributed by atoms with Crippen LogP contribution in [0.5, 0.6) is 0 Å². The molecule has 2 fully saturated rings. The van der Waals surface area contributed by atoms with E-state index in [1.165, 1.54) is 0 Å². The fourth-order valence-electron chi connectivity index (χ4n) is 4.00. The Hall–Kier alpha value is 0.180. The van der Waals surface area contributed by atoms with E-state index in [1.54, 1.807) is 0 Å². The smallest absolute Gasteiger partial charge is 0.264 e. The van der Waals surface area contributed by atoms with Gasteiger partial charge >= 0.3 is 0 Å². The standard InChI is InChI=1S/C15H28O5S2/c1-6-14-10(3)9(2)7-21(14)8-13-15(22(17,18)20-16)11(4)12(5)19-13/h9-15H,6-8H2,1-5H3/t9-,10+,11+,12-,13-,14-,15-,21?/m1/s1. The minimum atomic E-state index is -4.10. The van der Waals surface area contributed by atoms with Gasteiger partial charge in [0.15, 0.2) is 0 Å². The first-order valence-corrected chi connectivity index (χ1v) is 11.2. The molecule has 130 valence electrons. The maximum atomic E-state index is 12.0. The first kappa shape index (κ1) is 18.5. The molecule has 0 aromatic carbocycles. The highest BCUT2D eigenvalue weighted by Gasteiger charge is 2.53. The third kappa shape index (κ3) is 3.34. The number of hydrogen-bond acceptors (Lipinski definition) is 5. The molecule has 0 aromatic rings. The maximum absolute atomic E-state index is 12.0. The molecule has 22 heavy (non-hydrogen) atoms. The minimum absolute atomic E-state index is 0.150. The molecule has 7 heteroatoms. The van der Waals surface area contributed by atoms with Crippen molar-refractivity contribution in [3.05, 3.63) is 0 Å². The van der Waals surface area contributed by atoms with Crippen molar-refractivity contribution in [1.82, 2.24) is 0 Å². The number of ether oxygens (including phenoxy) is 1. The van der Waals surface area contributed by atoms with Crippen LogP contribution in [0.4, 0.5) is 0 Å². The van der Waals surface area contributed by atoms with Crippen molar-refractivity contribution < 1.29 is 22.7 Å². The summed E-state index contributed by atoms with van der Waals surface area (Å²) in [6.45, 7) is 10.5. The zero-order valence-electron chi connectivity index (χ0n) is 14.0. The molecule has 0 aliphatic carbocycles. The molecule has 2 aliphatic rings. The lowest BCUT2D eigenvalue weighted by molar-refractivity contribution is -0.635. The molecule has 0 amide bonds. The highest BCUT2D eigenvalue weighted by Crippen LogP contribution is 2.39. The summed E-state index contributed by atoms with van der Waals surface area (Å²) >= 11 is 0. The SMILES string of the molecule is CC[C@@H]1[C@@H](C)[C@H](C)C[S+]1C[C@H]1O[C@H](C)[C@H](C)[C@H]1S(=O)(=O)O[O-]. The third-order valence-corrected chi connectivity index (χ3v) is 10.5. The summed E-state index contributed by atoms with van der Waals surface area (Å²) in [5.74, 6) is 2.97. The first-order chi connectivity index (χ1) is 10.2. The van der Waals surface area contributed by atoms with Crippen molar-refractivity contribution in [1.29, 1.82) is 0 Å². The molecule has 2 saturated heterocycles. The summed E-state index contributed by atoms with van der Waals surface area (Å²) in [6.07, 6.45) is 0.530. The van der Waals surface area contributed by atoms with Gasteiger partial charge in [0.1, 0.15) is 28.1 Å². The van der Waals surface area contributed by atoms with E-state index in [-0.39, 0.29) is 22.9 Å². The van der Waals surface area contributed by atoms with E-state index >= 15 is 0 Å². The predicted molar refractivity (Wildman–Crippen MR) is 86.8 cm³/mol. The van der Waals surface area contributed by atoms with Gasteiger partial charge in [-0.15, -0.1) is 0 Å². The quantitative estimate of drug-likeness (QED) is 0.420. The summed E-state index contributed by atoms with van der Waals surface area (Å²) in [7, 11) is -3.95. The van der Waals surface area contributed by atoms with Crippen LogP contribution in [0.15, 0.2) is 0 Å². The van der Waals surface area contributed by atoms with Crippen molar-refractivity contribution in [3.8, 4) is 0 Å². The molecular weight excluding hydrogens is 324 g/mol. The lowest BCUT2D eigenvalue weighted by Gasteiger charge is -2.23. The molecule has 2 heterocycles. The second-order valence-corrected chi connectivity index (χ2v) is 10.9. The van der Waals surface area contributed by atoms with Crippen LogP contribution in [0.1, 0.15) is 41.0 Å². The minimum Gasteiger partial charge on any atom is -0.707 e. The molecule has 5 nitrogen and oxygen atoms in total. The second-order valence-electron chi connectivity index (χ2n) is 6.92. The first-order valence-electron chi connectivity index (χ1n) is 8.09. The molecule has 1 unspecified atom stereocenters. The summed E-state index contributed by atoms with van der Waals surface area (Å²) in [5, 5.41) is 10.4. The van der Waals surface area contributed by atoms with Gasteiger partial charge in [0.05, 0.1) is 6.10 Å². The molecule has 2 rings (SSSR count). The van der Waals surface area contributed by atoms with Crippen molar-refractivity contribution in [3.63, 3.8) is 0 Å². The Kier molecular flexibility index (Phi) is 5.87. The van der Waals surface area contributed by atoms with Crippen LogP contribution < -0.4 is 5.26 Å². The van der Waals surface area contributed by atoms with Crippen LogP contribution >= 0.6 is 0 Å². The monoisotopic (exact) mass is 352 g/mol. The molecule has 0 saturated carbocycles. The van der Waals surface area contributed by atoms with Gasteiger partial charge < -0.3 is 14.3 Å². The van der Waals surface area contributed by atoms with Crippen LogP contribution in [0.2, 0.25) is 0 Å². The molecule has 0 N–H and O–H groups in total. The van der Waals surface area contributed by atoms with Crippen LogP contribution in [0.3, 0.4) is 0 Å². The van der Waals surface area contributed by atoms with Gasteiger partial charge in [-0.25, -0.2) is 0 Å². The average molecular weight is 353 g/mol. The largest absolute Gasteiger partial charge is 0.707 e. The molecule has 8 atom stereocenters. The van der Waals surface area contributed by atoms with E-state index in [9.17, 15) is 13.7 Å². The van der Waals surface area contributed by atoms with Gasteiger partial charge in [0.2, 0.25) is 0 Å². The van der Waals surface area contributed by atoms with E-state index < -0.39 is 21.5 Å². The van der Waals surface area contributed by atoms with Gasteiger partial charge in [-0.2, -0.15) is 8.42 Å². The Morgan fingerprint density at radius 3 is 2.41 bits per heavy atom. The molecule has 0 spiro atoms. The van der Waals surface area contributed by atoms with Crippen molar-refractivity contribution in [2.75, 3.05) is 11.5 Å². The number of rotatable bonds is 5. The van der Waals surface area contributed by atoms with Crippen molar-refractivity contribution in [2.24, 2.45) is 17.8 Å². The van der Waals surface area contributed by atoms with E-state index in [0.717, 1.165) is 17.9 Å². The van der Waals surface area contributed by atoms with Crippen molar-refractivity contribution >= 4 is 21.0 Å². The van der Waals surface area contributed by atoms with E-state index in [1.807, 2.05) is 13.8 Å². The highest BCUT2D eigenvalue weighted by molar-refractivity contribution is 7.97. The van der Waals surface area contributed by atoms with Gasteiger partial charge in [-0.1, -0.05) is 27.7 Å². The molecule has 0 bridgehead atoms. The van der Waals surface area contributed by atoms with Gasteiger partial charge in [0.25, 0.3) is 10.1 Å². The second kappa shape index (κ2) is 6.97. The summed E-state index contributed by atoms with van der Waals surface area (Å²) < 4.78 is 33.5.